The van der Waals surface area contributed by atoms with Crippen molar-refractivity contribution in [1.82, 2.24) is 0 Å². The molecule has 0 aliphatic rings. The van der Waals surface area contributed by atoms with Gasteiger partial charge in [-0.25, -0.2) is 3.63 Å². The number of halogens is 17. The predicted molar refractivity (Wildman–Crippen MR) is 101 cm³/mol. The summed E-state index contributed by atoms with van der Waals surface area (Å²) in [4.78, 5) is -0.464. The molecule has 0 bridgehead atoms. The summed E-state index contributed by atoms with van der Waals surface area (Å²) in [7, 11) is -10.4. The summed E-state index contributed by atoms with van der Waals surface area (Å²) in [6.45, 7) is 0. The Kier molecular flexibility index (Phi) is 8.88. The van der Waals surface area contributed by atoms with Gasteiger partial charge in [0.15, 0.2) is 0 Å². The lowest BCUT2D eigenvalue weighted by atomic mass is 9.91. The second-order valence-corrected chi connectivity index (χ2v) is 12.8. The molecule has 1 rings (SSSR count). The second-order valence-electron chi connectivity index (χ2n) is 7.89. The Morgan fingerprint density at radius 3 is 1.20 bits per heavy atom. The molecule has 0 aliphatic heterocycles. The van der Waals surface area contributed by atoms with Gasteiger partial charge < -0.3 is 4.74 Å². The molecule has 0 radical (unpaired) electrons. The highest BCUT2D eigenvalue weighted by Gasteiger charge is 2.96. The fraction of sp³-hybridized carbons (Fsp3) is 0.647. The summed E-state index contributed by atoms with van der Waals surface area (Å²) in [5.74, 6) is -52.0. The predicted octanol–water partition coefficient (Wildman–Crippen LogP) is 7.35. The summed E-state index contributed by atoms with van der Waals surface area (Å²) in [5.41, 5.74) is 0. The van der Waals surface area contributed by atoms with Crippen LogP contribution in [0.1, 0.15) is 0 Å². The molecule has 0 N–H and O–H groups in total. The maximum atomic E-state index is 14.2. The number of rotatable bonds is 11. The van der Waals surface area contributed by atoms with Gasteiger partial charge in [0.2, 0.25) is 0 Å². The molecule has 0 atom stereocenters. The molecule has 0 heterocycles. The molecule has 40 heavy (non-hydrogen) atoms. The van der Waals surface area contributed by atoms with Crippen LogP contribution in [0.2, 0.25) is 0 Å². The van der Waals surface area contributed by atoms with E-state index < -0.39 is 72.3 Å². The van der Waals surface area contributed by atoms with E-state index >= 15 is 0 Å². The van der Waals surface area contributed by atoms with Gasteiger partial charge in [0, 0.05) is 4.90 Å². The smallest absolute Gasteiger partial charge is 0.460 e. The highest BCUT2D eigenvalue weighted by atomic mass is 32.3. The molecule has 0 fully saturated rings. The number of alkyl halides is 17. The molecule has 4 nitrogen and oxygen atoms in total. The maximum Gasteiger partial charge on any atom is 0.460 e. The van der Waals surface area contributed by atoms with E-state index in [1.807, 2.05) is 0 Å². The number of hydrogen-bond acceptors (Lipinski definition) is 4. The fourth-order valence-electron chi connectivity index (χ4n) is 2.52. The lowest BCUT2D eigenvalue weighted by Gasteiger charge is -2.42. The minimum atomic E-state index is -8.90. The van der Waals surface area contributed by atoms with Crippen LogP contribution in [0.3, 0.4) is 0 Å². The molecule has 1 aromatic carbocycles. The standard InChI is InChI=1S/C17H13F17O4S2/c1-37-8-4-6-9(7-5-8)39(2,3)38-40(35,36)17(33,34)15(28,29)13(24,25)11(20,21)10(18,19)12(22,23)14(26,27)16(30,31)32/h4-7H,1-3H3. The molecular formula is C17H13F17O4S2. The van der Waals surface area contributed by atoms with E-state index in [0.717, 1.165) is 31.4 Å². The van der Waals surface area contributed by atoms with Crippen molar-refractivity contribution < 1.29 is 91.4 Å². The van der Waals surface area contributed by atoms with Crippen molar-refractivity contribution in [3.63, 3.8) is 0 Å². The average molecular weight is 668 g/mol. The van der Waals surface area contributed by atoms with Crippen LogP contribution < -0.4 is 4.74 Å². The van der Waals surface area contributed by atoms with Crippen LogP contribution in [-0.4, -0.2) is 75.0 Å². The van der Waals surface area contributed by atoms with Gasteiger partial charge in [0.25, 0.3) is 0 Å². The summed E-state index contributed by atoms with van der Waals surface area (Å²) < 4.78 is 260. The van der Waals surface area contributed by atoms with Gasteiger partial charge in [-0.15, -0.1) is 0 Å². The SMILES string of the molecule is COc1ccc(S(C)(C)OS(=O)(=O)C(F)(F)C(F)(F)C(F)(F)C(F)(F)C(F)(F)C(F)(F)C(F)(F)C(F)(F)F)cc1. The van der Waals surface area contributed by atoms with Crippen molar-refractivity contribution in [3.8, 4) is 5.75 Å². The minimum Gasteiger partial charge on any atom is -0.497 e. The number of benzene rings is 1. The highest BCUT2D eigenvalue weighted by molar-refractivity contribution is 8.32. The van der Waals surface area contributed by atoms with Gasteiger partial charge in [-0.2, -0.15) is 83.1 Å². The first-order chi connectivity index (χ1) is 17.2. The van der Waals surface area contributed by atoms with Gasteiger partial charge in [-0.3, -0.25) is 0 Å². The van der Waals surface area contributed by atoms with Crippen molar-refractivity contribution in [1.29, 1.82) is 0 Å². The van der Waals surface area contributed by atoms with Crippen LogP contribution in [0.15, 0.2) is 29.2 Å². The zero-order valence-electron chi connectivity index (χ0n) is 19.2. The minimum absolute atomic E-state index is 0.0226. The van der Waals surface area contributed by atoms with Crippen molar-refractivity contribution in [2.45, 2.75) is 51.9 Å². The van der Waals surface area contributed by atoms with Crippen LogP contribution in [0.5, 0.6) is 5.75 Å². The van der Waals surface area contributed by atoms with Crippen LogP contribution in [-0.2, 0) is 13.7 Å². The molecule has 0 amide bonds. The quantitative estimate of drug-likeness (QED) is 0.232. The van der Waals surface area contributed by atoms with Gasteiger partial charge in [-0.05, 0) is 36.8 Å². The normalized spacial score (nSPS) is 16.2. The lowest BCUT2D eigenvalue weighted by molar-refractivity contribution is -0.458. The topological polar surface area (TPSA) is 52.6 Å². The van der Waals surface area contributed by atoms with E-state index in [0.29, 0.717) is 12.5 Å². The monoisotopic (exact) mass is 668 g/mol. The van der Waals surface area contributed by atoms with E-state index in [4.69, 9.17) is 4.74 Å². The fourth-order valence-corrected chi connectivity index (χ4v) is 6.20. The third-order valence-corrected chi connectivity index (χ3v) is 9.26. The van der Waals surface area contributed by atoms with Crippen molar-refractivity contribution >= 4 is 20.4 Å². The van der Waals surface area contributed by atoms with Gasteiger partial charge in [0.1, 0.15) is 5.75 Å². The largest absolute Gasteiger partial charge is 0.497 e. The van der Waals surface area contributed by atoms with Crippen molar-refractivity contribution in [3.05, 3.63) is 24.3 Å². The Morgan fingerprint density at radius 2 is 0.875 bits per heavy atom. The molecule has 0 saturated heterocycles. The van der Waals surface area contributed by atoms with Gasteiger partial charge >= 0.3 is 57.1 Å². The van der Waals surface area contributed by atoms with Crippen LogP contribution in [0.4, 0.5) is 74.6 Å². The molecule has 0 unspecified atom stereocenters. The highest BCUT2D eigenvalue weighted by Crippen LogP contribution is 2.65. The van der Waals surface area contributed by atoms with Crippen molar-refractivity contribution in [2.75, 3.05) is 19.6 Å². The van der Waals surface area contributed by atoms with Gasteiger partial charge in [0.05, 0.1) is 7.11 Å². The Balaban J connectivity index is 3.68. The molecule has 0 saturated carbocycles. The average Bonchev–Trinajstić information content (AvgIpc) is 2.76. The molecule has 1 aromatic rings. The van der Waals surface area contributed by atoms with Gasteiger partial charge in [-0.1, -0.05) is 10.3 Å². The number of ether oxygens (including phenoxy) is 1. The maximum absolute atomic E-state index is 14.2. The molecule has 0 aliphatic carbocycles. The summed E-state index contributed by atoms with van der Waals surface area (Å²) >= 11 is 0. The van der Waals surface area contributed by atoms with E-state index in [2.05, 4.69) is 3.63 Å². The molecular weight excluding hydrogens is 655 g/mol. The van der Waals surface area contributed by atoms with E-state index in [-0.39, 0.29) is 5.75 Å². The first-order valence-corrected chi connectivity index (χ1v) is 13.1. The van der Waals surface area contributed by atoms with E-state index in [1.165, 1.54) is 0 Å². The summed E-state index contributed by atoms with van der Waals surface area (Å²) in [6.07, 6.45) is -6.76. The van der Waals surface area contributed by atoms with E-state index in [9.17, 15) is 83.1 Å². The summed E-state index contributed by atoms with van der Waals surface area (Å²) in [5, 5.41) is -7.73. The Bertz CT molecular complexity index is 1180. The van der Waals surface area contributed by atoms with Crippen molar-refractivity contribution in [2.24, 2.45) is 0 Å². The van der Waals surface area contributed by atoms with Crippen LogP contribution in [0, 0.1) is 0 Å². The second kappa shape index (κ2) is 9.83. The van der Waals surface area contributed by atoms with Crippen LogP contribution >= 0.6 is 10.3 Å². The zero-order valence-corrected chi connectivity index (χ0v) is 20.8. The third-order valence-electron chi connectivity index (χ3n) is 4.89. The summed E-state index contributed by atoms with van der Waals surface area (Å²) in [6, 6.07) is 3.71. The molecule has 0 aromatic heterocycles. The zero-order chi connectivity index (χ0) is 32.4. The van der Waals surface area contributed by atoms with Crippen LogP contribution in [0.25, 0.3) is 0 Å². The number of methoxy groups -OCH3 is 1. The van der Waals surface area contributed by atoms with E-state index in [1.54, 1.807) is 0 Å². The first-order valence-electron chi connectivity index (χ1n) is 9.29. The third kappa shape index (κ3) is 5.02. The Hall–Kier alpha value is -1.91. The Labute approximate surface area is 214 Å². The number of hydrogen-bond donors (Lipinski definition) is 0. The molecule has 0 spiro atoms. The molecule has 236 valence electrons. The lowest BCUT2D eigenvalue weighted by Crippen LogP contribution is -2.75. The molecule has 23 heteroatoms. The first kappa shape index (κ1) is 36.1. The Morgan fingerprint density at radius 1 is 0.550 bits per heavy atom.